The number of methoxy groups -OCH3 is 1. The van der Waals surface area contributed by atoms with Gasteiger partial charge in [-0.3, -0.25) is 9.59 Å². The van der Waals surface area contributed by atoms with Gasteiger partial charge in [0.2, 0.25) is 0 Å². The molecule has 0 radical (unpaired) electrons. The van der Waals surface area contributed by atoms with E-state index in [1.807, 2.05) is 60.7 Å². The molecular weight excluding hydrogens is 475 g/mol. The molecule has 0 unspecified atom stereocenters. The molecule has 0 bridgehead atoms. The Hall–Kier alpha value is -3.44. The average Bonchev–Trinajstić information content (AvgIpc) is 3.24. The Morgan fingerprint density at radius 2 is 1.53 bits per heavy atom. The third-order valence-corrected chi connectivity index (χ3v) is 10.2. The van der Waals surface area contributed by atoms with Gasteiger partial charge in [0, 0.05) is 21.5 Å². The van der Waals surface area contributed by atoms with E-state index in [1.165, 1.54) is 7.11 Å². The van der Waals surface area contributed by atoms with Crippen LogP contribution in [0.1, 0.15) is 45.4 Å². The molecule has 1 saturated carbocycles. The highest BCUT2D eigenvalue weighted by atomic mass is 31.2. The first kappa shape index (κ1) is 25.6. The molecule has 1 aliphatic carbocycles. The quantitative estimate of drug-likeness (QED) is 0.432. The van der Waals surface area contributed by atoms with Crippen LogP contribution in [0.5, 0.6) is 0 Å². The lowest BCUT2D eigenvalue weighted by molar-refractivity contribution is -0.140. The van der Waals surface area contributed by atoms with Crippen molar-refractivity contribution in [3.05, 3.63) is 82.8 Å². The predicted octanol–water partition coefficient (Wildman–Crippen LogP) is 5.16. The van der Waals surface area contributed by atoms with Gasteiger partial charge in [0.1, 0.15) is 0 Å². The first-order valence-electron chi connectivity index (χ1n) is 12.3. The molecule has 1 N–H and O–H groups in total. The number of carbonyl (C=O) groups is 3. The molecule has 0 atom stereocenters. The fourth-order valence-electron chi connectivity index (χ4n) is 4.86. The van der Waals surface area contributed by atoms with Crippen LogP contribution in [0.15, 0.2) is 87.6 Å². The van der Waals surface area contributed by atoms with Crippen LogP contribution in [-0.2, 0) is 19.1 Å². The minimum atomic E-state index is -3.14. The van der Waals surface area contributed by atoms with Gasteiger partial charge in [0.25, 0.3) is 5.91 Å². The minimum absolute atomic E-state index is 0.172. The summed E-state index contributed by atoms with van der Waals surface area (Å²) in [5.41, 5.74) is 2.12. The van der Waals surface area contributed by atoms with Crippen LogP contribution in [0.25, 0.3) is 0 Å². The van der Waals surface area contributed by atoms with E-state index < -0.39 is 19.1 Å². The Labute approximate surface area is 211 Å². The predicted molar refractivity (Wildman–Crippen MR) is 140 cm³/mol. The van der Waals surface area contributed by atoms with Crippen LogP contribution < -0.4 is 15.9 Å². The highest BCUT2D eigenvalue weighted by Gasteiger charge is 2.42. The molecule has 188 valence electrons. The van der Waals surface area contributed by atoms with Crippen molar-refractivity contribution < 1.29 is 23.9 Å². The maximum atomic E-state index is 13.5. The second kappa shape index (κ2) is 11.5. The Bertz CT molecular complexity index is 1210. The van der Waals surface area contributed by atoms with Gasteiger partial charge in [-0.25, -0.2) is 4.79 Å². The lowest BCUT2D eigenvalue weighted by Crippen LogP contribution is -2.22. The number of rotatable bonds is 6. The number of nitrogens with one attached hydrogen (secondary N) is 1. The maximum Gasteiger partial charge on any atom is 0.433 e. The van der Waals surface area contributed by atoms with E-state index in [1.54, 1.807) is 6.92 Å². The monoisotopic (exact) mass is 506 g/mol. The molecule has 1 heterocycles. The Kier molecular flexibility index (Phi) is 8.21. The first-order chi connectivity index (χ1) is 17.5. The highest BCUT2D eigenvalue weighted by molar-refractivity contribution is 7.85. The number of ether oxygens (including phenoxy) is 2. The number of hydrogen-bond acceptors (Lipinski definition) is 5. The molecule has 1 fully saturated rings. The van der Waals surface area contributed by atoms with Crippen molar-refractivity contribution in [2.45, 2.75) is 45.4 Å². The summed E-state index contributed by atoms with van der Waals surface area (Å²) >= 11 is 0. The van der Waals surface area contributed by atoms with Crippen molar-refractivity contribution in [2.24, 2.45) is 4.74 Å². The van der Waals surface area contributed by atoms with Crippen molar-refractivity contribution in [1.29, 1.82) is 0 Å². The van der Waals surface area contributed by atoms with Crippen LogP contribution in [0.2, 0.25) is 0 Å². The van der Waals surface area contributed by atoms with Gasteiger partial charge < -0.3 is 14.8 Å². The molecule has 4 rings (SSSR count). The molecule has 36 heavy (non-hydrogen) atoms. The Morgan fingerprint density at radius 1 is 0.944 bits per heavy atom. The summed E-state index contributed by atoms with van der Waals surface area (Å²) in [6.45, 7) is 1.90. The molecule has 7 nitrogen and oxygen atoms in total. The van der Waals surface area contributed by atoms with Crippen LogP contribution in [0.4, 0.5) is 4.79 Å². The van der Waals surface area contributed by atoms with Gasteiger partial charge in [0.15, 0.2) is 0 Å². The molecule has 0 spiro atoms. The van der Waals surface area contributed by atoms with Gasteiger partial charge in [-0.05, 0) is 38.2 Å². The Balaban J connectivity index is 2.17. The van der Waals surface area contributed by atoms with Crippen molar-refractivity contribution in [1.82, 2.24) is 5.32 Å². The topological polar surface area (TPSA) is 94.1 Å². The second-order valence-electron chi connectivity index (χ2n) is 8.68. The molecule has 2 aliphatic rings. The number of nitrogens with zero attached hydrogens (tertiary/aromatic N) is 1. The van der Waals surface area contributed by atoms with Gasteiger partial charge >= 0.3 is 12.1 Å². The van der Waals surface area contributed by atoms with Crippen molar-refractivity contribution in [3.63, 3.8) is 0 Å². The van der Waals surface area contributed by atoms with E-state index >= 15 is 0 Å². The summed E-state index contributed by atoms with van der Waals surface area (Å²) in [6.07, 6.45) is 3.94. The van der Waals surface area contributed by atoms with Crippen LogP contribution >= 0.6 is 7.05 Å². The minimum Gasteiger partial charge on any atom is -0.469 e. The van der Waals surface area contributed by atoms with E-state index in [0.29, 0.717) is 16.6 Å². The number of esters is 1. The van der Waals surface area contributed by atoms with Crippen LogP contribution in [0.3, 0.4) is 0 Å². The summed E-state index contributed by atoms with van der Waals surface area (Å²) in [4.78, 5) is 39.1. The zero-order valence-corrected chi connectivity index (χ0v) is 21.6. The summed E-state index contributed by atoms with van der Waals surface area (Å²) in [5.74, 6) is -0.873. The van der Waals surface area contributed by atoms with Crippen molar-refractivity contribution in [2.75, 3.05) is 13.7 Å². The van der Waals surface area contributed by atoms with E-state index in [4.69, 9.17) is 14.2 Å². The lowest BCUT2D eigenvalue weighted by atomic mass is 9.93. The fraction of sp³-hybridized carbons (Fsp3) is 0.321. The number of benzene rings is 2. The van der Waals surface area contributed by atoms with Crippen LogP contribution in [0, 0.1) is 0 Å². The zero-order chi connectivity index (χ0) is 25.5. The number of hydrogen-bond donors (Lipinski definition) is 1. The van der Waals surface area contributed by atoms with Crippen molar-refractivity contribution in [3.8, 4) is 0 Å². The average molecular weight is 507 g/mol. The van der Waals surface area contributed by atoms with Gasteiger partial charge in [-0.1, -0.05) is 67.1 Å². The smallest absolute Gasteiger partial charge is 0.433 e. The molecule has 2 aromatic carbocycles. The summed E-state index contributed by atoms with van der Waals surface area (Å²) in [6, 6.07) is 19.1. The molecule has 0 saturated heterocycles. The van der Waals surface area contributed by atoms with Gasteiger partial charge in [-0.15, -0.1) is 0 Å². The van der Waals surface area contributed by atoms with Gasteiger partial charge in [-0.2, -0.15) is 4.74 Å². The summed E-state index contributed by atoms with van der Waals surface area (Å²) in [7, 11) is -1.83. The zero-order valence-electron chi connectivity index (χ0n) is 20.7. The van der Waals surface area contributed by atoms with E-state index in [9.17, 15) is 14.4 Å². The first-order valence-corrected chi connectivity index (χ1v) is 14.0. The van der Waals surface area contributed by atoms with Gasteiger partial charge in [0.05, 0.1) is 32.9 Å². The van der Waals surface area contributed by atoms with Crippen molar-refractivity contribution >= 4 is 35.6 Å². The molecule has 1 aliphatic heterocycles. The summed E-state index contributed by atoms with van der Waals surface area (Å²) in [5, 5.41) is 5.30. The standard InChI is InChI=1S/C28H31N2O5P/c1-3-35-28(33)30-36(21-15-9-5-10-16-21,22-17-11-6-12-18-22)26-23(19-24(31)34-2)27(32)29-25(26)20-13-7-4-8-14-20/h5-6,9-12,15-18H,3-4,7-8,13-14,19H2,1-2H3,(H,29,32). The second-order valence-corrected chi connectivity index (χ2v) is 11.6. The third-order valence-electron chi connectivity index (χ3n) is 6.48. The number of amides is 2. The summed E-state index contributed by atoms with van der Waals surface area (Å²) < 4.78 is 15.1. The molecule has 2 aromatic rings. The molecule has 2 amide bonds. The third kappa shape index (κ3) is 5.07. The SMILES string of the molecule is CCOC(=O)N=P(C1=C(CC(=O)OC)C(=O)NC1=C1CCCCC1)(c1ccccc1)c1ccccc1. The fourth-order valence-corrected chi connectivity index (χ4v) is 8.63. The number of carbonyl (C=O) groups excluding carboxylic acids is 3. The number of allylic oxidation sites excluding steroid dienone is 2. The largest absolute Gasteiger partial charge is 0.469 e. The van der Waals surface area contributed by atoms with E-state index in [0.717, 1.165) is 48.3 Å². The van der Waals surface area contributed by atoms with E-state index in [2.05, 4.69) is 5.32 Å². The van der Waals surface area contributed by atoms with E-state index in [-0.39, 0.29) is 18.9 Å². The normalized spacial score (nSPS) is 16.0. The van der Waals surface area contributed by atoms with Crippen LogP contribution in [-0.4, -0.2) is 31.7 Å². The molecular formula is C28H31N2O5P. The molecule has 0 aromatic heterocycles. The highest BCUT2D eigenvalue weighted by Crippen LogP contribution is 2.61. The molecule has 8 heteroatoms. The lowest BCUT2D eigenvalue weighted by Gasteiger charge is -2.30. The maximum absolute atomic E-state index is 13.5. The Morgan fingerprint density at radius 3 is 2.06 bits per heavy atom.